The van der Waals surface area contributed by atoms with E-state index < -0.39 is 5.60 Å². The Morgan fingerprint density at radius 2 is 2.09 bits per heavy atom. The lowest BCUT2D eigenvalue weighted by atomic mass is 10.0. The molecule has 1 aromatic carbocycles. The van der Waals surface area contributed by atoms with Crippen LogP contribution in [0, 0.1) is 0 Å². The molecule has 1 fully saturated rings. The van der Waals surface area contributed by atoms with Crippen molar-refractivity contribution in [3.63, 3.8) is 0 Å². The summed E-state index contributed by atoms with van der Waals surface area (Å²) in [5.74, 6) is -0.0796. The summed E-state index contributed by atoms with van der Waals surface area (Å²) in [4.78, 5) is 28.2. The molecule has 0 bridgehead atoms. The summed E-state index contributed by atoms with van der Waals surface area (Å²) < 4.78 is 3.03. The molecular formula is C24H32N4O3S. The number of nitrogens with one attached hydrogen (secondary N) is 1. The number of hydrogen-bond donors (Lipinski definition) is 2. The summed E-state index contributed by atoms with van der Waals surface area (Å²) in [7, 11) is 0. The minimum atomic E-state index is -0.768. The van der Waals surface area contributed by atoms with Gasteiger partial charge in [-0.25, -0.2) is 4.68 Å². The summed E-state index contributed by atoms with van der Waals surface area (Å²) in [6, 6.07) is 8.00. The van der Waals surface area contributed by atoms with E-state index in [4.69, 9.17) is 0 Å². The van der Waals surface area contributed by atoms with Gasteiger partial charge >= 0.3 is 0 Å². The normalized spacial score (nSPS) is 18.0. The number of aliphatic hydroxyl groups is 1. The highest BCUT2D eigenvalue weighted by atomic mass is 32.1. The van der Waals surface area contributed by atoms with E-state index in [1.165, 1.54) is 16.0 Å². The Hall–Kier alpha value is -2.29. The van der Waals surface area contributed by atoms with Crippen molar-refractivity contribution >= 4 is 37.4 Å². The van der Waals surface area contributed by atoms with E-state index >= 15 is 0 Å². The highest BCUT2D eigenvalue weighted by molar-refractivity contribution is 7.25. The van der Waals surface area contributed by atoms with Gasteiger partial charge < -0.3 is 10.4 Å². The van der Waals surface area contributed by atoms with Crippen LogP contribution in [-0.2, 0) is 11.3 Å². The summed E-state index contributed by atoms with van der Waals surface area (Å²) in [5, 5.41) is 19.8. The van der Waals surface area contributed by atoms with E-state index in [0.717, 1.165) is 40.6 Å². The first kappa shape index (κ1) is 22.9. The van der Waals surface area contributed by atoms with Crippen LogP contribution in [0.4, 0.5) is 0 Å². The maximum Gasteiger partial charge on any atom is 0.285 e. The number of carbonyl (C=O) groups excluding carboxylic acids is 1. The third-order valence-electron chi connectivity index (χ3n) is 5.83. The van der Waals surface area contributed by atoms with Gasteiger partial charge in [-0.15, -0.1) is 11.3 Å². The standard InChI is InChI=1S/C24H32N4O3S/c1-15(2)21-20-17-9-5-6-10-18(17)32-22(20)23(30)28(26-21)13-19(29)25-16-8-7-11-27(12-16)14-24(3,4)31/h5-6,9-10,15-16,31H,7-8,11-14H2,1-4H3,(H,25,29)/t16-/m1/s1. The Labute approximate surface area is 192 Å². The van der Waals surface area contributed by atoms with Gasteiger partial charge in [-0.3, -0.25) is 14.5 Å². The summed E-state index contributed by atoms with van der Waals surface area (Å²) in [6.07, 6.45) is 1.85. The maximum absolute atomic E-state index is 13.2. The molecule has 1 amide bonds. The number of benzene rings is 1. The van der Waals surface area contributed by atoms with E-state index in [0.29, 0.717) is 17.8 Å². The average Bonchev–Trinajstić information content (AvgIpc) is 3.09. The third kappa shape index (κ3) is 4.87. The topological polar surface area (TPSA) is 87.5 Å². The number of carbonyl (C=O) groups is 1. The Bertz CT molecular complexity index is 1190. The summed E-state index contributed by atoms with van der Waals surface area (Å²) in [5.41, 5.74) is -0.136. The molecule has 1 atom stereocenters. The van der Waals surface area contributed by atoms with Gasteiger partial charge in [0.15, 0.2) is 0 Å². The largest absolute Gasteiger partial charge is 0.389 e. The lowest BCUT2D eigenvalue weighted by molar-refractivity contribution is -0.123. The molecule has 0 aliphatic carbocycles. The fraction of sp³-hybridized carbons (Fsp3) is 0.542. The quantitative estimate of drug-likeness (QED) is 0.595. The van der Waals surface area contributed by atoms with Crippen LogP contribution in [0.25, 0.3) is 20.2 Å². The fourth-order valence-corrected chi connectivity index (χ4v) is 5.73. The van der Waals surface area contributed by atoms with Crippen LogP contribution in [-0.4, -0.2) is 57.0 Å². The van der Waals surface area contributed by atoms with E-state index in [2.05, 4.69) is 29.2 Å². The predicted molar refractivity (Wildman–Crippen MR) is 129 cm³/mol. The van der Waals surface area contributed by atoms with Crippen LogP contribution in [0.2, 0.25) is 0 Å². The van der Waals surface area contributed by atoms with Crippen LogP contribution in [0.15, 0.2) is 29.1 Å². The molecule has 32 heavy (non-hydrogen) atoms. The molecule has 0 spiro atoms. The number of hydrogen-bond acceptors (Lipinski definition) is 6. The number of amides is 1. The lowest BCUT2D eigenvalue weighted by Gasteiger charge is -2.36. The van der Waals surface area contributed by atoms with E-state index in [1.54, 1.807) is 13.8 Å². The molecule has 0 unspecified atom stereocenters. The zero-order valence-electron chi connectivity index (χ0n) is 19.2. The number of likely N-dealkylation sites (tertiary alicyclic amines) is 1. The van der Waals surface area contributed by atoms with E-state index in [1.807, 2.05) is 24.3 Å². The number of aromatic nitrogens is 2. The van der Waals surface area contributed by atoms with Gasteiger partial charge in [-0.05, 0) is 45.2 Å². The number of β-amino-alcohol motifs (C(OH)–C–C–N with tert-alkyl or cyclic N) is 1. The molecule has 7 nitrogen and oxygen atoms in total. The lowest BCUT2D eigenvalue weighted by Crippen LogP contribution is -2.51. The van der Waals surface area contributed by atoms with Gasteiger partial charge in [-0.2, -0.15) is 5.10 Å². The number of rotatable bonds is 6. The molecule has 3 heterocycles. The average molecular weight is 457 g/mol. The minimum Gasteiger partial charge on any atom is -0.389 e. The van der Waals surface area contributed by atoms with Crippen LogP contribution >= 0.6 is 11.3 Å². The number of thiophene rings is 1. The van der Waals surface area contributed by atoms with Crippen molar-refractivity contribution in [1.29, 1.82) is 0 Å². The minimum absolute atomic E-state index is 0.00641. The monoisotopic (exact) mass is 456 g/mol. The molecule has 3 aromatic rings. The highest BCUT2D eigenvalue weighted by Gasteiger charge is 2.26. The maximum atomic E-state index is 13.2. The molecule has 4 rings (SSSR count). The first-order valence-corrected chi connectivity index (χ1v) is 12.1. The third-order valence-corrected chi connectivity index (χ3v) is 6.99. The first-order valence-electron chi connectivity index (χ1n) is 11.3. The second-order valence-corrected chi connectivity index (χ2v) is 10.8. The number of nitrogens with zero attached hydrogens (tertiary/aromatic N) is 3. The van der Waals surface area contributed by atoms with Crippen molar-refractivity contribution in [3.8, 4) is 0 Å². The molecule has 1 aliphatic heterocycles. The molecule has 172 valence electrons. The zero-order valence-corrected chi connectivity index (χ0v) is 20.0. The van der Waals surface area contributed by atoms with Gasteiger partial charge in [0.2, 0.25) is 5.91 Å². The molecule has 1 aliphatic rings. The zero-order chi connectivity index (χ0) is 23.0. The number of fused-ring (bicyclic) bond motifs is 3. The molecule has 8 heteroatoms. The van der Waals surface area contributed by atoms with E-state index in [9.17, 15) is 14.7 Å². The van der Waals surface area contributed by atoms with Crippen molar-refractivity contribution in [2.75, 3.05) is 19.6 Å². The second kappa shape index (κ2) is 8.92. The smallest absolute Gasteiger partial charge is 0.285 e. The predicted octanol–water partition coefficient (Wildman–Crippen LogP) is 3.09. The summed E-state index contributed by atoms with van der Waals surface area (Å²) >= 11 is 1.47. The Balaban J connectivity index is 1.56. The Kier molecular flexibility index (Phi) is 6.38. The van der Waals surface area contributed by atoms with Crippen molar-refractivity contribution in [2.45, 2.75) is 64.6 Å². The second-order valence-electron chi connectivity index (χ2n) is 9.76. The van der Waals surface area contributed by atoms with Crippen molar-refractivity contribution < 1.29 is 9.90 Å². The first-order chi connectivity index (χ1) is 15.1. The van der Waals surface area contributed by atoms with Crippen LogP contribution in [0.5, 0.6) is 0 Å². The molecule has 2 aromatic heterocycles. The Morgan fingerprint density at radius 3 is 2.81 bits per heavy atom. The molecule has 2 N–H and O–H groups in total. The Morgan fingerprint density at radius 1 is 1.34 bits per heavy atom. The molecule has 1 saturated heterocycles. The van der Waals surface area contributed by atoms with Crippen molar-refractivity contribution in [2.24, 2.45) is 0 Å². The molecular weight excluding hydrogens is 424 g/mol. The fourth-order valence-electron chi connectivity index (χ4n) is 4.58. The molecule has 0 radical (unpaired) electrons. The highest BCUT2D eigenvalue weighted by Crippen LogP contribution is 2.35. The molecule has 0 saturated carbocycles. The van der Waals surface area contributed by atoms with Gasteiger partial charge in [-0.1, -0.05) is 32.0 Å². The van der Waals surface area contributed by atoms with Gasteiger partial charge in [0.05, 0.1) is 11.3 Å². The summed E-state index contributed by atoms with van der Waals surface area (Å²) in [6.45, 7) is 9.80. The SMILES string of the molecule is CC(C)c1nn(CC(=O)N[C@@H]2CCCN(CC(C)(C)O)C2)c(=O)c2sc3ccccc3c12. The van der Waals surface area contributed by atoms with Crippen LogP contribution in [0.3, 0.4) is 0 Å². The van der Waals surface area contributed by atoms with Crippen molar-refractivity contribution in [3.05, 3.63) is 40.3 Å². The van der Waals surface area contributed by atoms with Gasteiger partial charge in [0.1, 0.15) is 11.2 Å². The van der Waals surface area contributed by atoms with E-state index in [-0.39, 0.29) is 30.0 Å². The van der Waals surface area contributed by atoms with Crippen molar-refractivity contribution in [1.82, 2.24) is 20.0 Å². The van der Waals surface area contributed by atoms with Gasteiger partial charge in [0.25, 0.3) is 5.56 Å². The van der Waals surface area contributed by atoms with Crippen LogP contribution < -0.4 is 10.9 Å². The van der Waals surface area contributed by atoms with Gasteiger partial charge in [0, 0.05) is 34.6 Å². The number of piperidine rings is 1. The van der Waals surface area contributed by atoms with Crippen LogP contribution in [0.1, 0.15) is 52.1 Å².